The third kappa shape index (κ3) is 2.76. The van der Waals surface area contributed by atoms with Crippen molar-refractivity contribution in [3.8, 4) is 0 Å². The molecule has 8 heteroatoms. The maximum Gasteiger partial charge on any atom is 0.244 e. The number of halogens is 1. The lowest BCUT2D eigenvalue weighted by atomic mass is 10.1. The molecule has 1 aromatic rings. The molecule has 1 aromatic carbocycles. The molecule has 0 aliphatic carbocycles. The van der Waals surface area contributed by atoms with Crippen LogP contribution >= 0.6 is 11.6 Å². The van der Waals surface area contributed by atoms with Gasteiger partial charge in [-0.1, -0.05) is 11.6 Å². The fourth-order valence-corrected chi connectivity index (χ4v) is 4.80. The van der Waals surface area contributed by atoms with E-state index in [2.05, 4.69) is 0 Å². The number of nitrogen functional groups attached to an aromatic ring is 1. The summed E-state index contributed by atoms with van der Waals surface area (Å²) in [7, 11) is -3.69. The monoisotopic (exact) mass is 332 g/mol. The number of ether oxygens (including phenoxy) is 2. The molecular weight excluding hydrogens is 316 g/mol. The summed E-state index contributed by atoms with van der Waals surface area (Å²) in [5.74, 6) is -0.800. The Balaban J connectivity index is 1.90. The van der Waals surface area contributed by atoms with Gasteiger partial charge in [-0.25, -0.2) is 8.42 Å². The van der Waals surface area contributed by atoms with E-state index in [0.717, 1.165) is 0 Å². The second kappa shape index (κ2) is 5.40. The number of rotatable bonds is 2. The predicted octanol–water partition coefficient (Wildman–Crippen LogP) is 1.45. The highest BCUT2D eigenvalue weighted by molar-refractivity contribution is 7.89. The molecule has 0 atom stereocenters. The molecule has 21 heavy (non-hydrogen) atoms. The van der Waals surface area contributed by atoms with E-state index in [1.807, 2.05) is 0 Å². The highest BCUT2D eigenvalue weighted by atomic mass is 35.5. The molecule has 3 rings (SSSR count). The average molecular weight is 333 g/mol. The summed E-state index contributed by atoms with van der Waals surface area (Å²) in [6.07, 6.45) is 1.39. The molecule has 0 saturated carbocycles. The fourth-order valence-electron chi connectivity index (χ4n) is 2.75. The summed E-state index contributed by atoms with van der Waals surface area (Å²) in [4.78, 5) is 0.0633. The lowest BCUT2D eigenvalue weighted by Gasteiger charge is -2.37. The maximum absolute atomic E-state index is 12.7. The lowest BCUT2D eigenvalue weighted by molar-refractivity contribution is -0.179. The summed E-state index contributed by atoms with van der Waals surface area (Å²) in [6.45, 7) is 1.61. The van der Waals surface area contributed by atoms with Crippen molar-refractivity contribution < 1.29 is 17.9 Å². The molecule has 0 radical (unpaired) electrons. The first kappa shape index (κ1) is 15.1. The first-order valence-electron chi connectivity index (χ1n) is 6.76. The second-order valence-corrected chi connectivity index (χ2v) is 7.55. The van der Waals surface area contributed by atoms with Crippen molar-refractivity contribution in [2.45, 2.75) is 23.5 Å². The van der Waals surface area contributed by atoms with Crippen molar-refractivity contribution >= 4 is 27.3 Å². The number of sulfonamides is 1. The summed E-state index contributed by atoms with van der Waals surface area (Å²) in [5.41, 5.74) is 6.04. The van der Waals surface area contributed by atoms with Gasteiger partial charge < -0.3 is 15.2 Å². The summed E-state index contributed by atoms with van der Waals surface area (Å²) in [6, 6.07) is 4.41. The number of piperidine rings is 1. The quantitative estimate of drug-likeness (QED) is 0.829. The number of anilines is 1. The molecule has 2 saturated heterocycles. The Morgan fingerprint density at radius 1 is 1.29 bits per heavy atom. The standard InChI is InChI=1S/C13H17ClN2O4S/c14-11-8-10(15)2-3-12(11)21(17,18)16-5-1-4-13(9-16)19-6-7-20-13/h2-3,8H,1,4-7,9,15H2. The van der Waals surface area contributed by atoms with Crippen molar-refractivity contribution in [2.24, 2.45) is 0 Å². The Labute approximate surface area is 128 Å². The lowest BCUT2D eigenvalue weighted by Crippen LogP contribution is -2.50. The first-order valence-corrected chi connectivity index (χ1v) is 8.58. The van der Waals surface area contributed by atoms with Crippen molar-refractivity contribution in [3.63, 3.8) is 0 Å². The minimum absolute atomic E-state index is 0.0633. The van der Waals surface area contributed by atoms with Gasteiger partial charge in [0, 0.05) is 18.7 Å². The van der Waals surface area contributed by atoms with Crippen LogP contribution in [0.4, 0.5) is 5.69 Å². The SMILES string of the molecule is Nc1ccc(S(=O)(=O)N2CCCC3(C2)OCCO3)c(Cl)c1. The minimum Gasteiger partial charge on any atom is -0.399 e. The van der Waals surface area contributed by atoms with Gasteiger partial charge in [-0.3, -0.25) is 0 Å². The molecule has 0 bridgehead atoms. The third-order valence-corrected chi connectivity index (χ3v) is 6.10. The first-order chi connectivity index (χ1) is 9.93. The molecule has 2 fully saturated rings. The second-order valence-electron chi connectivity index (χ2n) is 5.24. The predicted molar refractivity (Wildman–Crippen MR) is 78.5 cm³/mol. The molecule has 1 spiro atoms. The topological polar surface area (TPSA) is 81.9 Å². The van der Waals surface area contributed by atoms with Gasteiger partial charge in [0.1, 0.15) is 4.90 Å². The van der Waals surface area contributed by atoms with Crippen LogP contribution in [0.5, 0.6) is 0 Å². The Morgan fingerprint density at radius 2 is 2.00 bits per heavy atom. The van der Waals surface area contributed by atoms with Crippen LogP contribution in [0, 0.1) is 0 Å². The molecule has 2 heterocycles. The summed E-state index contributed by atoms with van der Waals surface area (Å²) < 4.78 is 38.1. The zero-order chi connectivity index (χ0) is 15.1. The van der Waals surface area contributed by atoms with Crippen molar-refractivity contribution in [1.82, 2.24) is 4.31 Å². The van der Waals surface area contributed by atoms with Crippen LogP contribution in [0.25, 0.3) is 0 Å². The van der Waals surface area contributed by atoms with Gasteiger partial charge in [0.05, 0.1) is 24.8 Å². The number of hydrogen-bond acceptors (Lipinski definition) is 5. The number of nitrogens with zero attached hydrogens (tertiary/aromatic N) is 1. The van der Waals surface area contributed by atoms with Crippen molar-refractivity contribution in [1.29, 1.82) is 0 Å². The van der Waals surface area contributed by atoms with Crippen molar-refractivity contribution in [2.75, 3.05) is 32.0 Å². The van der Waals surface area contributed by atoms with Gasteiger partial charge in [0.25, 0.3) is 0 Å². The highest BCUT2D eigenvalue weighted by Gasteiger charge is 2.44. The van der Waals surface area contributed by atoms with Crippen LogP contribution in [0.15, 0.2) is 23.1 Å². The van der Waals surface area contributed by atoms with Gasteiger partial charge in [-0.15, -0.1) is 0 Å². The van der Waals surface area contributed by atoms with E-state index in [1.165, 1.54) is 22.5 Å². The van der Waals surface area contributed by atoms with Gasteiger partial charge in [-0.2, -0.15) is 4.31 Å². The molecule has 0 unspecified atom stereocenters. The van der Waals surface area contributed by atoms with Crippen LogP contribution in [-0.4, -0.2) is 44.8 Å². The normalized spacial score (nSPS) is 22.7. The Kier molecular flexibility index (Phi) is 3.87. The van der Waals surface area contributed by atoms with Gasteiger partial charge in [-0.05, 0) is 24.6 Å². The van der Waals surface area contributed by atoms with E-state index in [-0.39, 0.29) is 16.5 Å². The Bertz CT molecular complexity index is 644. The maximum atomic E-state index is 12.7. The number of hydrogen-bond donors (Lipinski definition) is 1. The van der Waals surface area contributed by atoms with Crippen LogP contribution in [0.3, 0.4) is 0 Å². The average Bonchev–Trinajstić information content (AvgIpc) is 2.86. The van der Waals surface area contributed by atoms with E-state index in [1.54, 1.807) is 0 Å². The molecule has 6 nitrogen and oxygen atoms in total. The van der Waals surface area contributed by atoms with E-state index < -0.39 is 15.8 Å². The minimum atomic E-state index is -3.69. The van der Waals surface area contributed by atoms with Crippen LogP contribution < -0.4 is 5.73 Å². The van der Waals surface area contributed by atoms with Gasteiger partial charge >= 0.3 is 0 Å². The summed E-state index contributed by atoms with van der Waals surface area (Å²) >= 11 is 6.04. The molecule has 0 aromatic heterocycles. The number of benzene rings is 1. The van der Waals surface area contributed by atoms with E-state index >= 15 is 0 Å². The third-order valence-electron chi connectivity index (χ3n) is 3.77. The van der Waals surface area contributed by atoms with Gasteiger partial charge in [0.15, 0.2) is 5.79 Å². The molecule has 2 aliphatic rings. The molecule has 0 amide bonds. The number of nitrogens with two attached hydrogens (primary N) is 1. The van der Waals surface area contributed by atoms with Crippen LogP contribution in [-0.2, 0) is 19.5 Å². The van der Waals surface area contributed by atoms with E-state index in [9.17, 15) is 8.42 Å². The fraction of sp³-hybridized carbons (Fsp3) is 0.538. The molecule has 2 N–H and O–H groups in total. The zero-order valence-corrected chi connectivity index (χ0v) is 13.0. The van der Waals surface area contributed by atoms with Crippen LogP contribution in [0.1, 0.15) is 12.8 Å². The smallest absolute Gasteiger partial charge is 0.244 e. The highest BCUT2D eigenvalue weighted by Crippen LogP contribution is 2.34. The summed E-state index contributed by atoms with van der Waals surface area (Å²) in [5, 5.41) is 0.128. The zero-order valence-electron chi connectivity index (χ0n) is 11.4. The largest absolute Gasteiger partial charge is 0.399 e. The van der Waals surface area contributed by atoms with Gasteiger partial charge in [0.2, 0.25) is 10.0 Å². The van der Waals surface area contributed by atoms with Crippen molar-refractivity contribution in [3.05, 3.63) is 23.2 Å². The molecule has 2 aliphatic heterocycles. The molecular formula is C13H17ClN2O4S. The van der Waals surface area contributed by atoms with E-state index in [4.69, 9.17) is 26.8 Å². The Morgan fingerprint density at radius 3 is 2.67 bits per heavy atom. The van der Waals surface area contributed by atoms with Crippen LogP contribution in [0.2, 0.25) is 5.02 Å². The Hall–Kier alpha value is -0.860. The molecule has 116 valence electrons. The van der Waals surface area contributed by atoms with E-state index in [0.29, 0.717) is 38.3 Å².